The van der Waals surface area contributed by atoms with Crippen LogP contribution in [-0.2, 0) is 6.42 Å². The van der Waals surface area contributed by atoms with Crippen molar-refractivity contribution in [3.05, 3.63) is 46.5 Å². The highest BCUT2D eigenvalue weighted by molar-refractivity contribution is 6.99. The van der Waals surface area contributed by atoms with Crippen LogP contribution in [0.15, 0.2) is 24.4 Å². The summed E-state index contributed by atoms with van der Waals surface area (Å²) in [5.74, 6) is -0.463. The normalized spacial score (nSPS) is 12.7. The van der Waals surface area contributed by atoms with Gasteiger partial charge in [-0.25, -0.2) is 4.39 Å². The lowest BCUT2D eigenvalue weighted by molar-refractivity contribution is 0.174. The maximum absolute atomic E-state index is 12.9. The highest BCUT2D eigenvalue weighted by Crippen LogP contribution is 2.21. The minimum atomic E-state index is -0.736. The Hall–Kier alpha value is -1.04. The van der Waals surface area contributed by atoms with Gasteiger partial charge in [0.15, 0.2) is 0 Å². The largest absolute Gasteiger partial charge is 0.386 e. The smallest absolute Gasteiger partial charge is 0.141 e. The zero-order chi connectivity index (χ0) is 11.5. The highest BCUT2D eigenvalue weighted by Gasteiger charge is 2.12. The van der Waals surface area contributed by atoms with Gasteiger partial charge >= 0.3 is 0 Å². The molecule has 1 atom stereocenters. The summed E-state index contributed by atoms with van der Waals surface area (Å²) in [6, 6.07) is 4.37. The van der Waals surface area contributed by atoms with E-state index >= 15 is 0 Å². The number of aliphatic hydroxyl groups excluding tert-OH is 1. The predicted molar refractivity (Wildman–Crippen MR) is 60.0 cm³/mol. The predicted octanol–water partition coefficient (Wildman–Crippen LogP) is 2.61. The summed E-state index contributed by atoms with van der Waals surface area (Å²) in [5, 5.41) is 9.85. The van der Waals surface area contributed by atoms with Gasteiger partial charge in [-0.15, -0.1) is 0 Å². The molecule has 0 aliphatic rings. The Kier molecular flexibility index (Phi) is 3.48. The minimum Gasteiger partial charge on any atom is -0.386 e. The molecule has 6 heteroatoms. The summed E-state index contributed by atoms with van der Waals surface area (Å²) in [5.41, 5.74) is 1.28. The molecule has 3 nitrogen and oxygen atoms in total. The Labute approximate surface area is 101 Å². The fraction of sp³-hybridized carbons (Fsp3) is 0.200. The first-order valence-corrected chi connectivity index (χ1v) is 5.67. The van der Waals surface area contributed by atoms with E-state index in [-0.39, 0.29) is 5.02 Å². The molecule has 1 unspecified atom stereocenters. The topological polar surface area (TPSA) is 46.0 Å². The van der Waals surface area contributed by atoms with Crippen molar-refractivity contribution in [2.75, 3.05) is 0 Å². The number of benzene rings is 1. The van der Waals surface area contributed by atoms with Crippen LogP contribution in [0.5, 0.6) is 0 Å². The van der Waals surface area contributed by atoms with Crippen LogP contribution in [0, 0.1) is 5.82 Å². The second-order valence-electron chi connectivity index (χ2n) is 3.30. The van der Waals surface area contributed by atoms with Gasteiger partial charge in [-0.05, 0) is 17.7 Å². The standard InChI is InChI=1S/C10H8ClFN2OS/c11-7-3-6(1-2-8(7)12)4-10(15)9-5-13-16-14-9/h1-3,5,10,15H,4H2. The van der Waals surface area contributed by atoms with Gasteiger partial charge in [0, 0.05) is 6.42 Å². The maximum atomic E-state index is 12.9. The third kappa shape index (κ3) is 2.55. The quantitative estimate of drug-likeness (QED) is 0.921. The van der Waals surface area contributed by atoms with Crippen LogP contribution < -0.4 is 0 Å². The Morgan fingerprint density at radius 2 is 2.31 bits per heavy atom. The van der Waals surface area contributed by atoms with Gasteiger partial charge in [-0.2, -0.15) is 8.75 Å². The molecule has 0 saturated heterocycles. The molecule has 84 valence electrons. The minimum absolute atomic E-state index is 0.0566. The highest BCUT2D eigenvalue weighted by atomic mass is 35.5. The second-order valence-corrected chi connectivity index (χ2v) is 4.26. The van der Waals surface area contributed by atoms with Gasteiger partial charge in [0.25, 0.3) is 0 Å². The molecule has 0 radical (unpaired) electrons. The fourth-order valence-electron chi connectivity index (χ4n) is 1.31. The lowest BCUT2D eigenvalue weighted by Gasteiger charge is -2.07. The average Bonchev–Trinajstić information content (AvgIpc) is 2.77. The van der Waals surface area contributed by atoms with Crippen LogP contribution in [-0.4, -0.2) is 13.9 Å². The first-order chi connectivity index (χ1) is 7.66. The fourth-order valence-corrected chi connectivity index (χ4v) is 1.98. The molecule has 16 heavy (non-hydrogen) atoms. The van der Waals surface area contributed by atoms with Gasteiger partial charge in [-0.3, -0.25) is 0 Å². The van der Waals surface area contributed by atoms with E-state index in [0.717, 1.165) is 17.3 Å². The van der Waals surface area contributed by atoms with Crippen LogP contribution in [0.3, 0.4) is 0 Å². The zero-order valence-corrected chi connectivity index (χ0v) is 9.67. The number of rotatable bonds is 3. The van der Waals surface area contributed by atoms with Gasteiger partial charge < -0.3 is 5.11 Å². The number of halogens is 2. The van der Waals surface area contributed by atoms with Gasteiger partial charge in [0.2, 0.25) is 0 Å². The Balaban J connectivity index is 2.12. The van der Waals surface area contributed by atoms with E-state index in [1.54, 1.807) is 6.07 Å². The number of hydrogen-bond donors (Lipinski definition) is 1. The van der Waals surface area contributed by atoms with Crippen LogP contribution in [0.25, 0.3) is 0 Å². The first-order valence-electron chi connectivity index (χ1n) is 4.56. The molecule has 0 aliphatic carbocycles. The van der Waals surface area contributed by atoms with Gasteiger partial charge in [0.1, 0.15) is 17.6 Å². The summed E-state index contributed by atoms with van der Waals surface area (Å²) in [7, 11) is 0. The molecule has 1 heterocycles. The van der Waals surface area contributed by atoms with Crippen molar-refractivity contribution in [3.8, 4) is 0 Å². The van der Waals surface area contributed by atoms with E-state index in [0.29, 0.717) is 12.1 Å². The zero-order valence-electron chi connectivity index (χ0n) is 8.10. The summed E-state index contributed by atoms with van der Waals surface area (Å²) in [6.45, 7) is 0. The van der Waals surface area contributed by atoms with Crippen molar-refractivity contribution in [2.24, 2.45) is 0 Å². The van der Waals surface area contributed by atoms with Crippen LogP contribution in [0.1, 0.15) is 17.4 Å². The van der Waals surface area contributed by atoms with Crippen LogP contribution in [0.2, 0.25) is 5.02 Å². The molecule has 2 aromatic rings. The summed E-state index contributed by atoms with van der Waals surface area (Å²) < 4.78 is 20.6. The first kappa shape index (κ1) is 11.4. The van der Waals surface area contributed by atoms with Crippen molar-refractivity contribution < 1.29 is 9.50 Å². The molecule has 0 spiro atoms. The van der Waals surface area contributed by atoms with E-state index < -0.39 is 11.9 Å². The van der Waals surface area contributed by atoms with E-state index in [4.69, 9.17) is 11.6 Å². The third-order valence-electron chi connectivity index (χ3n) is 2.13. The van der Waals surface area contributed by atoms with Crippen LogP contribution in [0.4, 0.5) is 4.39 Å². The molecule has 1 aromatic carbocycles. The lowest BCUT2D eigenvalue weighted by Crippen LogP contribution is -2.02. The molecular formula is C10H8ClFN2OS. The second kappa shape index (κ2) is 4.86. The number of nitrogens with zero attached hydrogens (tertiary/aromatic N) is 2. The molecule has 0 amide bonds. The molecule has 1 N–H and O–H groups in total. The van der Waals surface area contributed by atoms with Gasteiger partial charge in [0.05, 0.1) is 22.9 Å². The summed E-state index contributed by atoms with van der Waals surface area (Å²) in [6.07, 6.45) is 1.12. The molecular weight excluding hydrogens is 251 g/mol. The van der Waals surface area contributed by atoms with Crippen molar-refractivity contribution in [2.45, 2.75) is 12.5 Å². The lowest BCUT2D eigenvalue weighted by atomic mass is 10.1. The summed E-state index contributed by atoms with van der Waals surface area (Å²) in [4.78, 5) is 0. The Bertz CT molecular complexity index is 478. The van der Waals surface area contributed by atoms with Crippen molar-refractivity contribution in [1.29, 1.82) is 0 Å². The summed E-state index contributed by atoms with van der Waals surface area (Å²) >= 11 is 6.68. The molecule has 0 saturated carbocycles. The monoisotopic (exact) mass is 258 g/mol. The van der Waals surface area contributed by atoms with E-state index in [1.165, 1.54) is 18.3 Å². The van der Waals surface area contributed by atoms with Gasteiger partial charge in [-0.1, -0.05) is 17.7 Å². The van der Waals surface area contributed by atoms with E-state index in [9.17, 15) is 9.50 Å². The molecule has 2 rings (SSSR count). The van der Waals surface area contributed by atoms with Crippen LogP contribution >= 0.6 is 23.3 Å². The molecule has 1 aromatic heterocycles. The Morgan fingerprint density at radius 3 is 2.94 bits per heavy atom. The van der Waals surface area contributed by atoms with Crippen molar-refractivity contribution in [3.63, 3.8) is 0 Å². The van der Waals surface area contributed by atoms with Crippen molar-refractivity contribution >= 4 is 23.3 Å². The van der Waals surface area contributed by atoms with E-state index in [1.807, 2.05) is 0 Å². The average molecular weight is 259 g/mol. The molecule has 0 aliphatic heterocycles. The Morgan fingerprint density at radius 1 is 1.50 bits per heavy atom. The maximum Gasteiger partial charge on any atom is 0.141 e. The number of aliphatic hydroxyl groups is 1. The third-order valence-corrected chi connectivity index (χ3v) is 2.91. The molecule has 0 fully saturated rings. The number of aromatic nitrogens is 2. The van der Waals surface area contributed by atoms with E-state index in [2.05, 4.69) is 8.75 Å². The number of hydrogen-bond acceptors (Lipinski definition) is 4. The SMILES string of the molecule is OC(Cc1ccc(F)c(Cl)c1)c1cnsn1. The van der Waals surface area contributed by atoms with Crippen molar-refractivity contribution in [1.82, 2.24) is 8.75 Å². The molecule has 0 bridgehead atoms.